The van der Waals surface area contributed by atoms with E-state index in [4.69, 9.17) is 4.74 Å². The van der Waals surface area contributed by atoms with Crippen LogP contribution in [0.3, 0.4) is 0 Å². The minimum absolute atomic E-state index is 0.0253. The van der Waals surface area contributed by atoms with Crippen LogP contribution in [0.5, 0.6) is 5.75 Å². The average molecular weight is 384 g/mol. The number of benzene rings is 3. The molecular weight excluding hydrogens is 371 g/mol. The number of nitrogens with zero attached hydrogens (tertiary/aromatic N) is 1. The molecule has 0 aliphatic rings. The molecule has 0 heterocycles. The van der Waals surface area contributed by atoms with E-state index in [1.54, 1.807) is 30.3 Å². The highest BCUT2D eigenvalue weighted by Gasteiger charge is 2.18. The number of rotatable bonds is 5. The van der Waals surface area contributed by atoms with E-state index in [1.165, 1.54) is 6.07 Å². The molecule has 0 saturated carbocycles. The molecule has 0 saturated heterocycles. The zero-order valence-corrected chi connectivity index (χ0v) is 14.2. The van der Waals surface area contributed by atoms with Crippen LogP contribution >= 0.6 is 0 Å². The number of amides is 1. The third-order valence-corrected chi connectivity index (χ3v) is 3.88. The fourth-order valence-electron chi connectivity index (χ4n) is 2.56. The molecule has 0 bridgehead atoms. The molecule has 28 heavy (non-hydrogen) atoms. The Kier molecular flexibility index (Phi) is 5.16. The molecule has 9 heteroatoms. The number of aromatic hydroxyl groups is 1. The van der Waals surface area contributed by atoms with Crippen LogP contribution in [0.2, 0.25) is 0 Å². The highest BCUT2D eigenvalue weighted by molar-refractivity contribution is 6.02. The number of fused-ring (bicyclic) bond motifs is 1. The predicted molar refractivity (Wildman–Crippen MR) is 97.6 cm³/mol. The summed E-state index contributed by atoms with van der Waals surface area (Å²) in [6.07, 6.45) is 0. The normalized spacial score (nSPS) is 10.5. The van der Waals surface area contributed by atoms with E-state index in [-0.39, 0.29) is 17.0 Å². The number of halogens is 1. The molecule has 142 valence electrons. The highest BCUT2D eigenvalue weighted by Crippen LogP contribution is 2.29. The van der Waals surface area contributed by atoms with Gasteiger partial charge in [-0.1, -0.05) is 30.3 Å². The molecule has 0 spiro atoms. The van der Waals surface area contributed by atoms with Gasteiger partial charge in [-0.3, -0.25) is 14.9 Å². The van der Waals surface area contributed by atoms with Crippen LogP contribution in [0.4, 0.5) is 15.8 Å². The lowest BCUT2D eigenvalue weighted by Gasteiger charge is -2.09. The summed E-state index contributed by atoms with van der Waals surface area (Å²) in [6, 6.07) is 12.7. The molecule has 2 N–H and O–H groups in total. The summed E-state index contributed by atoms with van der Waals surface area (Å²) in [7, 11) is 0. The van der Waals surface area contributed by atoms with Gasteiger partial charge in [0.1, 0.15) is 11.3 Å². The van der Waals surface area contributed by atoms with Gasteiger partial charge in [-0.2, -0.15) is 4.39 Å². The van der Waals surface area contributed by atoms with Crippen LogP contribution < -0.4 is 5.32 Å². The first-order chi connectivity index (χ1) is 13.4. The molecule has 0 unspecified atom stereocenters. The summed E-state index contributed by atoms with van der Waals surface area (Å²) in [4.78, 5) is 33.8. The first-order valence-electron chi connectivity index (χ1n) is 7.98. The molecule has 0 aromatic heterocycles. The highest BCUT2D eigenvalue weighted by atomic mass is 19.1. The van der Waals surface area contributed by atoms with Gasteiger partial charge in [-0.15, -0.1) is 0 Å². The number of nitrogens with one attached hydrogen (secondary N) is 1. The summed E-state index contributed by atoms with van der Waals surface area (Å²) in [5, 5.41) is 24.4. The number of nitro groups is 1. The van der Waals surface area contributed by atoms with Crippen molar-refractivity contribution >= 4 is 34.0 Å². The Morgan fingerprint density at radius 3 is 2.64 bits per heavy atom. The van der Waals surface area contributed by atoms with Gasteiger partial charge in [0, 0.05) is 17.1 Å². The van der Waals surface area contributed by atoms with Gasteiger partial charge in [0.05, 0.1) is 4.92 Å². The second-order valence-corrected chi connectivity index (χ2v) is 5.73. The molecule has 8 nitrogen and oxygen atoms in total. The van der Waals surface area contributed by atoms with E-state index in [9.17, 15) is 29.2 Å². The fraction of sp³-hybridized carbons (Fsp3) is 0.0526. The van der Waals surface area contributed by atoms with Crippen molar-refractivity contribution in [2.24, 2.45) is 0 Å². The second kappa shape index (κ2) is 7.70. The molecule has 3 aromatic carbocycles. The van der Waals surface area contributed by atoms with E-state index >= 15 is 0 Å². The molecule has 0 aliphatic heterocycles. The van der Waals surface area contributed by atoms with Crippen molar-refractivity contribution in [3.63, 3.8) is 0 Å². The SMILES string of the molecule is O=C(COC(=O)c1ccc2ccccc2c1O)Nc1ccc(F)c([N+](=O)[O-])c1. The van der Waals surface area contributed by atoms with Crippen molar-refractivity contribution in [3.8, 4) is 5.75 Å². The van der Waals surface area contributed by atoms with Crippen molar-refractivity contribution in [1.29, 1.82) is 0 Å². The number of hydrogen-bond donors (Lipinski definition) is 2. The van der Waals surface area contributed by atoms with Crippen LogP contribution in [0.25, 0.3) is 10.8 Å². The number of hydrogen-bond acceptors (Lipinski definition) is 6. The van der Waals surface area contributed by atoms with Gasteiger partial charge >= 0.3 is 11.7 Å². The molecule has 0 fully saturated rings. The Balaban J connectivity index is 1.66. The van der Waals surface area contributed by atoms with Crippen molar-refractivity contribution in [1.82, 2.24) is 0 Å². The monoisotopic (exact) mass is 384 g/mol. The topological polar surface area (TPSA) is 119 Å². The van der Waals surface area contributed by atoms with Crippen molar-refractivity contribution in [3.05, 3.63) is 76.1 Å². The average Bonchev–Trinajstić information content (AvgIpc) is 2.68. The molecule has 0 radical (unpaired) electrons. The fourth-order valence-corrected chi connectivity index (χ4v) is 2.56. The summed E-state index contributed by atoms with van der Waals surface area (Å²) in [5.41, 5.74) is -0.928. The lowest BCUT2D eigenvalue weighted by Crippen LogP contribution is -2.21. The number of phenols is 1. The zero-order valence-electron chi connectivity index (χ0n) is 14.2. The molecule has 0 atom stereocenters. The van der Waals surface area contributed by atoms with Crippen LogP contribution in [-0.4, -0.2) is 28.5 Å². The number of phenolic OH excluding ortho intramolecular Hbond substituents is 1. The number of carbonyl (C=O) groups excluding carboxylic acids is 2. The Bertz CT molecular complexity index is 1100. The van der Waals surface area contributed by atoms with Crippen LogP contribution in [0, 0.1) is 15.9 Å². The lowest BCUT2D eigenvalue weighted by molar-refractivity contribution is -0.387. The van der Waals surface area contributed by atoms with Gasteiger partial charge in [-0.25, -0.2) is 4.79 Å². The third kappa shape index (κ3) is 3.88. The second-order valence-electron chi connectivity index (χ2n) is 5.73. The first-order valence-corrected chi connectivity index (χ1v) is 7.98. The van der Waals surface area contributed by atoms with E-state index in [1.807, 2.05) is 0 Å². The minimum atomic E-state index is -1.04. The Morgan fingerprint density at radius 2 is 1.89 bits per heavy atom. The van der Waals surface area contributed by atoms with E-state index < -0.39 is 34.9 Å². The summed E-state index contributed by atoms with van der Waals surface area (Å²) in [5.74, 6) is -3.00. The minimum Gasteiger partial charge on any atom is -0.506 e. The smallest absolute Gasteiger partial charge is 0.342 e. The largest absolute Gasteiger partial charge is 0.506 e. The van der Waals surface area contributed by atoms with Gasteiger partial charge in [0.15, 0.2) is 6.61 Å². The van der Waals surface area contributed by atoms with E-state index in [0.29, 0.717) is 5.39 Å². The van der Waals surface area contributed by atoms with Crippen LogP contribution in [-0.2, 0) is 9.53 Å². The first kappa shape index (κ1) is 18.8. The van der Waals surface area contributed by atoms with Gasteiger partial charge < -0.3 is 15.2 Å². The quantitative estimate of drug-likeness (QED) is 0.395. The van der Waals surface area contributed by atoms with Crippen LogP contribution in [0.15, 0.2) is 54.6 Å². The van der Waals surface area contributed by atoms with Crippen LogP contribution in [0.1, 0.15) is 10.4 Å². The molecule has 3 rings (SSSR count). The number of ether oxygens (including phenoxy) is 1. The molecular formula is C19H13FN2O6. The lowest BCUT2D eigenvalue weighted by atomic mass is 10.1. The summed E-state index contributed by atoms with van der Waals surface area (Å²) < 4.78 is 18.2. The summed E-state index contributed by atoms with van der Waals surface area (Å²) >= 11 is 0. The van der Waals surface area contributed by atoms with Gasteiger partial charge in [0.2, 0.25) is 5.82 Å². The molecule has 1 amide bonds. The maximum atomic E-state index is 13.3. The Hall–Kier alpha value is -4.01. The number of esters is 1. The summed E-state index contributed by atoms with van der Waals surface area (Å²) in [6.45, 7) is -0.698. The molecule has 0 aliphatic carbocycles. The third-order valence-electron chi connectivity index (χ3n) is 3.88. The number of carbonyl (C=O) groups is 2. The van der Waals surface area contributed by atoms with E-state index in [0.717, 1.165) is 23.6 Å². The predicted octanol–water partition coefficient (Wildman–Crippen LogP) is 3.39. The Labute approximate surface area is 157 Å². The number of nitro benzene ring substituents is 1. The maximum absolute atomic E-state index is 13.3. The zero-order chi connectivity index (χ0) is 20.3. The van der Waals surface area contributed by atoms with Gasteiger partial charge in [-0.05, 0) is 23.6 Å². The maximum Gasteiger partial charge on any atom is 0.342 e. The number of anilines is 1. The van der Waals surface area contributed by atoms with E-state index in [2.05, 4.69) is 5.32 Å². The van der Waals surface area contributed by atoms with Crippen molar-refractivity contribution in [2.45, 2.75) is 0 Å². The van der Waals surface area contributed by atoms with Crippen molar-refractivity contribution < 1.29 is 28.7 Å². The van der Waals surface area contributed by atoms with Crippen molar-refractivity contribution in [2.75, 3.05) is 11.9 Å². The van der Waals surface area contributed by atoms with Gasteiger partial charge in [0.25, 0.3) is 5.91 Å². The Morgan fingerprint density at radius 1 is 1.14 bits per heavy atom. The molecule has 3 aromatic rings. The standard InChI is InChI=1S/C19H13FN2O6/c20-15-8-6-12(9-16(15)22(26)27)21-17(23)10-28-19(25)14-7-5-11-3-1-2-4-13(11)18(14)24/h1-9,24H,10H2,(H,21,23).